The average molecular weight is 431 g/mol. The molecule has 0 bridgehead atoms. The molecule has 1 aliphatic rings. The number of nitrogens with zero attached hydrogens (tertiary/aromatic N) is 2. The summed E-state index contributed by atoms with van der Waals surface area (Å²) < 4.78 is 0. The molecule has 0 spiro atoms. The Kier molecular flexibility index (Phi) is 5.97. The van der Waals surface area contributed by atoms with Crippen LogP contribution < -0.4 is 0 Å². The molecule has 1 atom stereocenters. The molecule has 32 heavy (non-hydrogen) atoms. The third-order valence-corrected chi connectivity index (χ3v) is 5.82. The van der Waals surface area contributed by atoms with E-state index in [2.05, 4.69) is 0 Å². The maximum absolute atomic E-state index is 13.1. The minimum absolute atomic E-state index is 0.00312. The van der Waals surface area contributed by atoms with Gasteiger partial charge in [0.05, 0.1) is 17.2 Å². The van der Waals surface area contributed by atoms with E-state index in [4.69, 9.17) is 0 Å². The fourth-order valence-electron chi connectivity index (χ4n) is 4.24. The molecular weight excluding hydrogens is 404 g/mol. The molecule has 0 radical (unpaired) electrons. The second kappa shape index (κ2) is 8.85. The van der Waals surface area contributed by atoms with Gasteiger partial charge in [0.15, 0.2) is 0 Å². The highest BCUT2D eigenvalue weighted by Crippen LogP contribution is 2.42. The summed E-state index contributed by atoms with van der Waals surface area (Å²) in [6.07, 6.45) is 0.685. The number of aromatic hydroxyl groups is 1. The van der Waals surface area contributed by atoms with Crippen LogP contribution in [0.3, 0.4) is 0 Å². The molecule has 3 aromatic rings. The lowest BCUT2D eigenvalue weighted by Gasteiger charge is -2.26. The first-order valence-corrected chi connectivity index (χ1v) is 10.6. The summed E-state index contributed by atoms with van der Waals surface area (Å²) in [5.74, 6) is -1.87. The molecule has 1 amide bonds. The van der Waals surface area contributed by atoms with Crippen molar-refractivity contribution in [3.63, 3.8) is 0 Å². The van der Waals surface area contributed by atoms with Gasteiger partial charge in [-0.05, 0) is 44.1 Å². The highest BCUT2D eigenvalue weighted by molar-refractivity contribution is 6.46. The van der Waals surface area contributed by atoms with Gasteiger partial charge in [0.2, 0.25) is 0 Å². The zero-order chi connectivity index (χ0) is 22.8. The number of likely N-dealkylation sites (tertiary alicyclic amines) is 1. The fourth-order valence-corrected chi connectivity index (χ4v) is 4.24. The first kappa shape index (κ1) is 21.6. The number of fused-ring (bicyclic) bond motifs is 1. The molecule has 3 aromatic carbocycles. The van der Waals surface area contributed by atoms with E-state index >= 15 is 0 Å². The van der Waals surface area contributed by atoms with E-state index in [0.717, 1.165) is 17.5 Å². The summed E-state index contributed by atoms with van der Waals surface area (Å²) in [5.41, 5.74) is 0.867. The number of rotatable bonds is 6. The number of hydrogen-bond donors (Lipinski definition) is 2. The lowest BCUT2D eigenvalue weighted by Crippen LogP contribution is -2.32. The van der Waals surface area contributed by atoms with Crippen LogP contribution in [0.15, 0.2) is 72.3 Å². The van der Waals surface area contributed by atoms with Crippen LogP contribution in [0.5, 0.6) is 5.75 Å². The van der Waals surface area contributed by atoms with Crippen molar-refractivity contribution in [1.29, 1.82) is 0 Å². The van der Waals surface area contributed by atoms with E-state index in [1.54, 1.807) is 24.3 Å². The molecule has 0 aromatic heterocycles. The van der Waals surface area contributed by atoms with Gasteiger partial charge in [0, 0.05) is 11.9 Å². The summed E-state index contributed by atoms with van der Waals surface area (Å²) >= 11 is 0. The molecule has 0 saturated carbocycles. The minimum Gasteiger partial charge on any atom is -0.507 e. The predicted octanol–water partition coefficient (Wildman–Crippen LogP) is 3.92. The van der Waals surface area contributed by atoms with Crippen LogP contribution in [0.1, 0.15) is 23.6 Å². The van der Waals surface area contributed by atoms with Crippen molar-refractivity contribution in [2.75, 3.05) is 27.2 Å². The van der Waals surface area contributed by atoms with Crippen LogP contribution in [0.4, 0.5) is 0 Å². The predicted molar refractivity (Wildman–Crippen MR) is 124 cm³/mol. The summed E-state index contributed by atoms with van der Waals surface area (Å²) in [4.78, 5) is 29.6. The SMILES string of the molecule is CN(C)CCCN1C(=O)C(=O)/C(=C(/O)c2ccc3ccccc3c2O)C1c1ccccc1. The van der Waals surface area contributed by atoms with Crippen molar-refractivity contribution in [3.05, 3.63) is 83.4 Å². The Balaban J connectivity index is 1.85. The quantitative estimate of drug-likeness (QED) is 0.352. The van der Waals surface area contributed by atoms with Gasteiger partial charge in [-0.2, -0.15) is 0 Å². The highest BCUT2D eigenvalue weighted by atomic mass is 16.3. The van der Waals surface area contributed by atoms with E-state index in [0.29, 0.717) is 18.4 Å². The molecule has 164 valence electrons. The van der Waals surface area contributed by atoms with Crippen LogP contribution in [0.2, 0.25) is 0 Å². The number of ketones is 1. The normalized spacial score (nSPS) is 18.1. The number of carbonyl (C=O) groups excluding carboxylic acids is 2. The van der Waals surface area contributed by atoms with E-state index in [1.165, 1.54) is 4.90 Å². The molecule has 1 aliphatic heterocycles. The minimum atomic E-state index is -0.742. The van der Waals surface area contributed by atoms with Gasteiger partial charge in [-0.25, -0.2) is 0 Å². The second-order valence-electron chi connectivity index (χ2n) is 8.24. The summed E-state index contributed by atoms with van der Waals surface area (Å²) in [6.45, 7) is 1.14. The molecule has 1 heterocycles. The molecule has 1 fully saturated rings. The van der Waals surface area contributed by atoms with Crippen LogP contribution in [-0.2, 0) is 9.59 Å². The second-order valence-corrected chi connectivity index (χ2v) is 8.24. The van der Waals surface area contributed by atoms with Crippen LogP contribution >= 0.6 is 0 Å². The van der Waals surface area contributed by atoms with E-state index < -0.39 is 17.7 Å². The summed E-state index contributed by atoms with van der Waals surface area (Å²) in [6, 6.07) is 19.1. The number of hydrogen-bond acceptors (Lipinski definition) is 5. The van der Waals surface area contributed by atoms with Gasteiger partial charge in [-0.1, -0.05) is 60.7 Å². The van der Waals surface area contributed by atoms with Gasteiger partial charge < -0.3 is 20.0 Å². The van der Waals surface area contributed by atoms with Crippen molar-refractivity contribution in [1.82, 2.24) is 9.80 Å². The Labute approximate surface area is 187 Å². The third-order valence-electron chi connectivity index (χ3n) is 5.82. The van der Waals surface area contributed by atoms with Crippen LogP contribution in [-0.4, -0.2) is 58.9 Å². The van der Waals surface area contributed by atoms with Crippen molar-refractivity contribution in [2.45, 2.75) is 12.5 Å². The number of carbonyl (C=O) groups is 2. The highest BCUT2D eigenvalue weighted by Gasteiger charge is 2.46. The molecule has 6 heteroatoms. The van der Waals surface area contributed by atoms with E-state index in [-0.39, 0.29) is 22.6 Å². The molecular formula is C26H26N2O4. The Morgan fingerprint density at radius 3 is 2.38 bits per heavy atom. The largest absolute Gasteiger partial charge is 0.507 e. The molecule has 6 nitrogen and oxygen atoms in total. The molecule has 4 rings (SSSR count). The van der Waals surface area contributed by atoms with Gasteiger partial charge in [-0.15, -0.1) is 0 Å². The first-order valence-electron chi connectivity index (χ1n) is 10.6. The molecule has 0 aliphatic carbocycles. The number of amides is 1. The monoisotopic (exact) mass is 430 g/mol. The number of Topliss-reactive ketones (excluding diaryl/α,β-unsaturated/α-hetero) is 1. The maximum atomic E-state index is 13.1. The van der Waals surface area contributed by atoms with Crippen molar-refractivity contribution >= 4 is 28.2 Å². The topological polar surface area (TPSA) is 81.1 Å². The number of benzene rings is 3. The number of aliphatic hydroxyl groups is 1. The first-order chi connectivity index (χ1) is 15.4. The summed E-state index contributed by atoms with van der Waals surface area (Å²) in [5, 5.41) is 23.4. The smallest absolute Gasteiger partial charge is 0.295 e. The number of phenolic OH excluding ortho intramolecular Hbond substituents is 1. The van der Waals surface area contributed by atoms with Gasteiger partial charge >= 0.3 is 0 Å². The Morgan fingerprint density at radius 2 is 1.66 bits per heavy atom. The standard InChI is InChI=1S/C26H26N2O4/c1-27(2)15-8-16-28-22(18-10-4-3-5-11-18)21(25(31)26(28)32)24(30)20-14-13-17-9-6-7-12-19(17)23(20)29/h3-7,9-14,22,29-30H,8,15-16H2,1-2H3/b24-21+. The lowest BCUT2D eigenvalue weighted by molar-refractivity contribution is -0.139. The van der Waals surface area contributed by atoms with E-state index in [9.17, 15) is 19.8 Å². The van der Waals surface area contributed by atoms with Crippen LogP contribution in [0, 0.1) is 0 Å². The zero-order valence-electron chi connectivity index (χ0n) is 18.2. The fraction of sp³-hybridized carbons (Fsp3) is 0.231. The molecule has 1 saturated heterocycles. The summed E-state index contributed by atoms with van der Waals surface area (Å²) in [7, 11) is 3.90. The van der Waals surface area contributed by atoms with Crippen molar-refractivity contribution < 1.29 is 19.8 Å². The van der Waals surface area contributed by atoms with Crippen molar-refractivity contribution in [2.24, 2.45) is 0 Å². The van der Waals surface area contributed by atoms with E-state index in [1.807, 2.05) is 61.5 Å². The Hall–Kier alpha value is -3.64. The van der Waals surface area contributed by atoms with Crippen molar-refractivity contribution in [3.8, 4) is 5.75 Å². The maximum Gasteiger partial charge on any atom is 0.295 e. The lowest BCUT2D eigenvalue weighted by atomic mass is 9.94. The number of aliphatic hydroxyl groups excluding tert-OH is 1. The number of phenols is 1. The van der Waals surface area contributed by atoms with Gasteiger partial charge in [0.25, 0.3) is 11.7 Å². The van der Waals surface area contributed by atoms with Gasteiger partial charge in [0.1, 0.15) is 11.5 Å². The zero-order valence-corrected chi connectivity index (χ0v) is 18.2. The third kappa shape index (κ3) is 3.85. The van der Waals surface area contributed by atoms with Gasteiger partial charge in [-0.3, -0.25) is 9.59 Å². The average Bonchev–Trinajstić information content (AvgIpc) is 3.04. The van der Waals surface area contributed by atoms with Crippen LogP contribution in [0.25, 0.3) is 16.5 Å². The molecule has 2 N–H and O–H groups in total. The molecule has 1 unspecified atom stereocenters. The Morgan fingerprint density at radius 1 is 0.969 bits per heavy atom. The Bertz CT molecular complexity index is 1200.